The van der Waals surface area contributed by atoms with E-state index < -0.39 is 0 Å². The van der Waals surface area contributed by atoms with Gasteiger partial charge in [-0.15, -0.1) is 0 Å². The highest BCUT2D eigenvalue weighted by Gasteiger charge is 2.51. The normalized spacial score (nSPS) is 37.5. The summed E-state index contributed by atoms with van der Waals surface area (Å²) in [4.78, 5) is 23.0. The number of hydrogen-bond donors (Lipinski definition) is 2. The van der Waals surface area contributed by atoms with E-state index in [1.807, 2.05) is 0 Å². The Morgan fingerprint density at radius 2 is 1.65 bits per heavy atom. The minimum Gasteiger partial charge on any atom is -0.469 e. The van der Waals surface area contributed by atoms with E-state index in [4.69, 9.17) is 0 Å². The number of rotatable bonds is 4. The fourth-order valence-electron chi connectivity index (χ4n) is 4.93. The van der Waals surface area contributed by atoms with Crippen LogP contribution in [0.2, 0.25) is 0 Å². The molecule has 0 aromatic rings. The predicted molar refractivity (Wildman–Crippen MR) is 74.1 cm³/mol. The molecule has 20 heavy (non-hydrogen) atoms. The lowest BCUT2D eigenvalue weighted by Crippen LogP contribution is -2.61. The molecule has 0 spiro atoms. The number of urea groups is 1. The monoisotopic (exact) mass is 280 g/mol. The van der Waals surface area contributed by atoms with Crippen LogP contribution in [-0.4, -0.2) is 31.2 Å². The number of carbonyl (C=O) groups is 2. The smallest absolute Gasteiger partial charge is 0.315 e. The Hall–Kier alpha value is -1.26. The molecule has 4 rings (SSSR count). The summed E-state index contributed by atoms with van der Waals surface area (Å²) in [7, 11) is 1.36. The molecular weight excluding hydrogens is 256 g/mol. The van der Waals surface area contributed by atoms with E-state index in [0.717, 1.165) is 37.0 Å². The molecule has 4 aliphatic rings. The maximum atomic E-state index is 12.0. The van der Waals surface area contributed by atoms with Crippen molar-refractivity contribution >= 4 is 12.0 Å². The van der Waals surface area contributed by atoms with Gasteiger partial charge in [0.1, 0.15) is 0 Å². The van der Waals surface area contributed by atoms with Crippen LogP contribution in [0.1, 0.15) is 44.9 Å². The summed E-state index contributed by atoms with van der Waals surface area (Å²) < 4.78 is 4.56. The fourth-order valence-corrected chi connectivity index (χ4v) is 4.93. The van der Waals surface area contributed by atoms with Gasteiger partial charge in [-0.05, 0) is 56.3 Å². The zero-order valence-electron chi connectivity index (χ0n) is 12.1. The minimum absolute atomic E-state index is 0.0318. The zero-order chi connectivity index (χ0) is 14.2. The molecule has 0 saturated heterocycles. The molecule has 0 radical (unpaired) electrons. The second-order valence-corrected chi connectivity index (χ2v) is 6.90. The first-order valence-electron chi connectivity index (χ1n) is 7.71. The first kappa shape index (κ1) is 13.7. The molecule has 4 aliphatic carbocycles. The van der Waals surface area contributed by atoms with E-state index in [-0.39, 0.29) is 24.0 Å². The van der Waals surface area contributed by atoms with Gasteiger partial charge in [-0.25, -0.2) is 4.79 Å². The highest BCUT2D eigenvalue weighted by Crippen LogP contribution is 2.55. The van der Waals surface area contributed by atoms with Gasteiger partial charge in [0.05, 0.1) is 13.5 Å². The highest BCUT2D eigenvalue weighted by atomic mass is 16.5. The van der Waals surface area contributed by atoms with Crippen molar-refractivity contribution in [3.63, 3.8) is 0 Å². The van der Waals surface area contributed by atoms with Crippen LogP contribution in [0.15, 0.2) is 0 Å². The fraction of sp³-hybridized carbons (Fsp3) is 0.867. The van der Waals surface area contributed by atoms with Gasteiger partial charge in [0, 0.05) is 12.1 Å². The second kappa shape index (κ2) is 5.26. The molecule has 4 saturated carbocycles. The van der Waals surface area contributed by atoms with Gasteiger partial charge in [0.25, 0.3) is 0 Å². The van der Waals surface area contributed by atoms with Crippen molar-refractivity contribution in [1.82, 2.24) is 10.6 Å². The van der Waals surface area contributed by atoms with Gasteiger partial charge < -0.3 is 15.4 Å². The van der Waals surface area contributed by atoms with Crippen molar-refractivity contribution in [3.8, 4) is 0 Å². The third-order valence-electron chi connectivity index (χ3n) is 5.26. The van der Waals surface area contributed by atoms with E-state index in [1.54, 1.807) is 0 Å². The van der Waals surface area contributed by atoms with Crippen molar-refractivity contribution in [1.29, 1.82) is 0 Å². The molecule has 0 aromatic carbocycles. The first-order valence-corrected chi connectivity index (χ1v) is 7.71. The molecule has 5 heteroatoms. The quantitative estimate of drug-likeness (QED) is 0.772. The maximum Gasteiger partial charge on any atom is 0.315 e. The molecule has 2 amide bonds. The van der Waals surface area contributed by atoms with Crippen LogP contribution in [0.25, 0.3) is 0 Å². The number of nitrogens with one attached hydrogen (secondary N) is 2. The number of methoxy groups -OCH3 is 1. The van der Waals surface area contributed by atoms with Crippen LogP contribution < -0.4 is 10.6 Å². The molecule has 0 atom stereocenters. The molecule has 0 unspecified atom stereocenters. The average molecular weight is 280 g/mol. The van der Waals surface area contributed by atoms with Crippen molar-refractivity contribution < 1.29 is 14.3 Å². The maximum absolute atomic E-state index is 12.0. The average Bonchev–Trinajstić information content (AvgIpc) is 2.36. The van der Waals surface area contributed by atoms with Crippen molar-refractivity contribution in [2.24, 2.45) is 17.8 Å². The largest absolute Gasteiger partial charge is 0.469 e. The Morgan fingerprint density at radius 1 is 1.10 bits per heavy atom. The first-order chi connectivity index (χ1) is 9.58. The molecular formula is C15H24N2O3. The van der Waals surface area contributed by atoms with E-state index in [9.17, 15) is 9.59 Å². The van der Waals surface area contributed by atoms with Gasteiger partial charge in [0.2, 0.25) is 0 Å². The predicted octanol–water partition coefficient (Wildman–Crippen LogP) is 1.82. The number of amides is 2. The topological polar surface area (TPSA) is 67.4 Å². The van der Waals surface area contributed by atoms with Crippen LogP contribution in [-0.2, 0) is 9.53 Å². The van der Waals surface area contributed by atoms with Gasteiger partial charge in [-0.1, -0.05) is 0 Å². The zero-order valence-corrected chi connectivity index (χ0v) is 12.1. The van der Waals surface area contributed by atoms with Crippen molar-refractivity contribution in [2.75, 3.05) is 13.7 Å². The van der Waals surface area contributed by atoms with Gasteiger partial charge >= 0.3 is 12.0 Å². The number of hydrogen-bond acceptors (Lipinski definition) is 3. The SMILES string of the molecule is COC(=O)CCNC(=O)NC12CC3CC(CC(C3)C1)C2. The Kier molecular flexibility index (Phi) is 3.61. The van der Waals surface area contributed by atoms with Crippen molar-refractivity contribution in [3.05, 3.63) is 0 Å². The summed E-state index contributed by atoms with van der Waals surface area (Å²) in [5, 5.41) is 5.99. The lowest BCUT2D eigenvalue weighted by Gasteiger charge is -2.56. The molecule has 4 fully saturated rings. The summed E-state index contributed by atoms with van der Waals surface area (Å²) in [6.45, 7) is 0.338. The van der Waals surface area contributed by atoms with Crippen LogP contribution in [0.5, 0.6) is 0 Å². The van der Waals surface area contributed by atoms with E-state index in [1.165, 1.54) is 26.4 Å². The summed E-state index contributed by atoms with van der Waals surface area (Å²) >= 11 is 0. The molecule has 4 bridgehead atoms. The Morgan fingerprint density at radius 3 is 2.15 bits per heavy atom. The molecule has 5 nitrogen and oxygen atoms in total. The third kappa shape index (κ3) is 2.76. The van der Waals surface area contributed by atoms with E-state index >= 15 is 0 Å². The lowest BCUT2D eigenvalue weighted by atomic mass is 9.53. The molecule has 112 valence electrons. The van der Waals surface area contributed by atoms with Crippen molar-refractivity contribution in [2.45, 2.75) is 50.5 Å². The van der Waals surface area contributed by atoms with E-state index in [2.05, 4.69) is 15.4 Å². The highest BCUT2D eigenvalue weighted by molar-refractivity contribution is 5.76. The van der Waals surface area contributed by atoms with Crippen LogP contribution in [0.4, 0.5) is 4.79 Å². The van der Waals surface area contributed by atoms with Gasteiger partial charge in [-0.2, -0.15) is 0 Å². The molecule has 2 N–H and O–H groups in total. The second-order valence-electron chi connectivity index (χ2n) is 6.90. The number of esters is 1. The summed E-state index contributed by atoms with van der Waals surface area (Å²) in [5.74, 6) is 2.16. The molecule has 0 aromatic heterocycles. The Balaban J connectivity index is 1.50. The number of ether oxygens (including phenoxy) is 1. The van der Waals surface area contributed by atoms with Gasteiger partial charge in [0.15, 0.2) is 0 Å². The Labute approximate surface area is 119 Å². The van der Waals surface area contributed by atoms with Crippen LogP contribution in [0, 0.1) is 17.8 Å². The van der Waals surface area contributed by atoms with E-state index in [0.29, 0.717) is 6.54 Å². The molecule has 0 heterocycles. The summed E-state index contributed by atoms with van der Waals surface area (Å²) in [5.41, 5.74) is 0.0318. The lowest BCUT2D eigenvalue weighted by molar-refractivity contribution is -0.140. The third-order valence-corrected chi connectivity index (χ3v) is 5.26. The summed E-state index contributed by atoms with van der Waals surface area (Å²) in [6.07, 6.45) is 7.75. The van der Waals surface area contributed by atoms with Crippen LogP contribution >= 0.6 is 0 Å². The van der Waals surface area contributed by atoms with Gasteiger partial charge in [-0.3, -0.25) is 4.79 Å². The standard InChI is InChI=1S/C15H24N2O3/c1-20-13(18)2-3-16-14(19)17-15-7-10-4-11(8-15)6-12(5-10)9-15/h10-12H,2-9H2,1H3,(H2,16,17,19). The Bertz CT molecular complexity index is 373. The molecule has 0 aliphatic heterocycles. The minimum atomic E-state index is -0.292. The summed E-state index contributed by atoms with van der Waals surface area (Å²) in [6, 6.07) is -0.129. The number of carbonyl (C=O) groups excluding carboxylic acids is 2. The van der Waals surface area contributed by atoms with Crippen LogP contribution in [0.3, 0.4) is 0 Å².